The van der Waals surface area contributed by atoms with Gasteiger partial charge in [0.05, 0.1) is 0 Å². The average molecular weight is 447 g/mol. The summed E-state index contributed by atoms with van der Waals surface area (Å²) in [7, 11) is 0. The summed E-state index contributed by atoms with van der Waals surface area (Å²) in [5, 5.41) is 0. The molecule has 0 aromatic carbocycles. The zero-order chi connectivity index (χ0) is 15.4. The van der Waals surface area contributed by atoms with Gasteiger partial charge in [0.25, 0.3) is 0 Å². The first-order valence-corrected chi connectivity index (χ1v) is 7.08. The van der Waals surface area contributed by atoms with Gasteiger partial charge in [-0.1, -0.05) is 20.8 Å². The van der Waals surface area contributed by atoms with Crippen LogP contribution < -0.4 is 0 Å². The molecule has 0 nitrogen and oxygen atoms in total. The Hall–Kier alpha value is 0.610. The van der Waals surface area contributed by atoms with Crippen LogP contribution in [0.5, 0.6) is 0 Å². The van der Waals surface area contributed by atoms with Crippen LogP contribution >= 0.6 is 0 Å². The average Bonchev–Trinajstić information content (AvgIpc) is 3.13. The molecule has 2 fully saturated rings. The zero-order valence-corrected chi connectivity index (χ0v) is 17.9. The Morgan fingerprint density at radius 2 is 1.00 bits per heavy atom. The predicted molar refractivity (Wildman–Crippen MR) is 89.5 cm³/mol. The maximum absolute atomic E-state index is 3.18. The van der Waals surface area contributed by atoms with Crippen LogP contribution in [0.15, 0.2) is 5.57 Å². The summed E-state index contributed by atoms with van der Waals surface area (Å²) in [4.78, 5) is 0. The fourth-order valence-corrected chi connectivity index (χ4v) is 1.33. The van der Waals surface area contributed by atoms with E-state index in [9.17, 15) is 0 Å². The van der Waals surface area contributed by atoms with E-state index in [4.69, 9.17) is 0 Å². The Morgan fingerprint density at radius 3 is 1.10 bits per heavy atom. The van der Waals surface area contributed by atoms with E-state index in [-0.39, 0.29) is 31.3 Å². The number of allylic oxidation sites excluding steroid dienone is 2. The van der Waals surface area contributed by atoms with Gasteiger partial charge in [-0.05, 0) is 64.2 Å². The molecular formula is C20H28Hf-2. The van der Waals surface area contributed by atoms with Crippen molar-refractivity contribution in [2.24, 2.45) is 5.41 Å². The van der Waals surface area contributed by atoms with Crippen LogP contribution in [-0.2, 0) is 25.8 Å². The first kappa shape index (κ1) is 23.9. The van der Waals surface area contributed by atoms with Crippen molar-refractivity contribution in [1.29, 1.82) is 0 Å². The Kier molecular flexibility index (Phi) is 16.2. The molecule has 0 bridgehead atoms. The van der Waals surface area contributed by atoms with E-state index in [1.165, 1.54) is 11.5 Å². The molecule has 2 saturated carbocycles. The standard InChI is InChI=1S/C10H18.2C5H5.Hf/c1-7-9(4)10(5,6)8(2)3;2*1-2-4-5-3-1;/h1-6H3;2*1-5H;/q-2;;;. The molecule has 0 heterocycles. The molecule has 0 saturated heterocycles. The van der Waals surface area contributed by atoms with Crippen molar-refractivity contribution in [3.05, 3.63) is 81.8 Å². The maximum atomic E-state index is 3.18. The number of hydrogen-bond donors (Lipinski definition) is 0. The molecule has 0 atom stereocenters. The molecule has 114 valence electrons. The topological polar surface area (TPSA) is 0 Å². The second kappa shape index (κ2) is 14.2. The second-order valence-corrected chi connectivity index (χ2v) is 5.42. The van der Waals surface area contributed by atoms with Gasteiger partial charge in [-0.15, -0.1) is 0 Å². The largest absolute Gasteiger partial charge is 0.503 e. The van der Waals surface area contributed by atoms with Crippen LogP contribution in [0.1, 0.15) is 41.5 Å². The normalized spacial score (nSPS) is 18.3. The van der Waals surface area contributed by atoms with Crippen molar-refractivity contribution in [3.63, 3.8) is 0 Å². The predicted octanol–water partition coefficient (Wildman–Crippen LogP) is 5.44. The summed E-state index contributed by atoms with van der Waals surface area (Å²) >= 11 is 0. The SMILES string of the molecule is C[C-]=C(C)C(C)(C)[C-](C)C.[CH]1[CH][CH][CH][CH]1.[CH]1[CH][CH][CH][CH]1.[Hf]. The van der Waals surface area contributed by atoms with Gasteiger partial charge in [0.1, 0.15) is 0 Å². The number of rotatable bonds is 2. The molecular weight excluding hydrogens is 419 g/mol. The maximum Gasteiger partial charge on any atom is 0 e. The van der Waals surface area contributed by atoms with Crippen molar-refractivity contribution < 1.29 is 25.8 Å². The Morgan fingerprint density at radius 1 is 0.762 bits per heavy atom. The molecule has 2 rings (SSSR count). The van der Waals surface area contributed by atoms with Gasteiger partial charge in [-0.25, -0.2) is 0 Å². The van der Waals surface area contributed by atoms with Gasteiger partial charge < -0.3 is 12.0 Å². The van der Waals surface area contributed by atoms with Gasteiger partial charge in [-0.2, -0.15) is 26.2 Å². The molecule has 1 heteroatoms. The summed E-state index contributed by atoms with van der Waals surface area (Å²) < 4.78 is 0. The van der Waals surface area contributed by atoms with Gasteiger partial charge in [-0.3, -0.25) is 5.57 Å². The molecule has 0 unspecified atom stereocenters. The van der Waals surface area contributed by atoms with Crippen LogP contribution in [0.3, 0.4) is 0 Å². The van der Waals surface area contributed by atoms with Crippen molar-refractivity contribution in [2.45, 2.75) is 41.5 Å². The van der Waals surface area contributed by atoms with Gasteiger partial charge in [0.15, 0.2) is 0 Å². The fraction of sp³-hybridized carbons (Fsp3) is 0.350. The smallest absolute Gasteiger partial charge is 0 e. The summed E-state index contributed by atoms with van der Waals surface area (Å²) in [5.74, 6) is 1.44. The Balaban J connectivity index is 0. The summed E-state index contributed by atoms with van der Waals surface area (Å²) in [6.07, 6.45) is 23.2. The third-order valence-electron chi connectivity index (χ3n) is 3.67. The van der Waals surface area contributed by atoms with E-state index in [1.54, 1.807) is 0 Å². The molecule has 0 aliphatic heterocycles. The van der Waals surface area contributed by atoms with Crippen LogP contribution in [0.25, 0.3) is 0 Å². The van der Waals surface area contributed by atoms with Crippen molar-refractivity contribution in [3.8, 4) is 0 Å². The molecule has 0 spiro atoms. The molecule has 2 aliphatic carbocycles. The van der Waals surface area contributed by atoms with E-state index >= 15 is 0 Å². The number of hydrogen-bond acceptors (Lipinski definition) is 0. The minimum atomic E-state index is 0. The van der Waals surface area contributed by atoms with Crippen molar-refractivity contribution in [1.82, 2.24) is 0 Å². The quantitative estimate of drug-likeness (QED) is 0.391. The van der Waals surface area contributed by atoms with Crippen LogP contribution in [0.4, 0.5) is 0 Å². The third kappa shape index (κ3) is 11.8. The molecule has 21 heavy (non-hydrogen) atoms. The zero-order valence-electron chi connectivity index (χ0n) is 14.3. The first-order chi connectivity index (χ1) is 9.42. The van der Waals surface area contributed by atoms with E-state index in [1.807, 2.05) is 71.1 Å². The molecule has 0 aromatic heterocycles. The van der Waals surface area contributed by atoms with E-state index in [0.29, 0.717) is 0 Å². The van der Waals surface area contributed by atoms with Gasteiger partial charge >= 0.3 is 0 Å². The molecule has 0 amide bonds. The first-order valence-electron chi connectivity index (χ1n) is 7.08. The monoisotopic (exact) mass is 448 g/mol. The summed E-state index contributed by atoms with van der Waals surface area (Å²) in [5.41, 5.74) is 1.56. The minimum absolute atomic E-state index is 0. The van der Waals surface area contributed by atoms with Gasteiger partial charge in [0, 0.05) is 25.8 Å². The summed E-state index contributed by atoms with van der Waals surface area (Å²) in [6, 6.07) is 0. The molecule has 0 aromatic rings. The van der Waals surface area contributed by atoms with Gasteiger partial charge in [0.2, 0.25) is 0 Å². The molecule has 0 N–H and O–H groups in total. The van der Waals surface area contributed by atoms with E-state index in [0.717, 1.165) is 0 Å². The summed E-state index contributed by atoms with van der Waals surface area (Å²) in [6.45, 7) is 12.9. The minimum Gasteiger partial charge on any atom is -0.503 e. The molecule has 10 radical (unpaired) electrons. The van der Waals surface area contributed by atoms with Crippen LogP contribution in [0.2, 0.25) is 0 Å². The Labute approximate surface area is 154 Å². The van der Waals surface area contributed by atoms with Crippen molar-refractivity contribution >= 4 is 0 Å². The van der Waals surface area contributed by atoms with Crippen LogP contribution in [-0.4, -0.2) is 0 Å². The fourth-order valence-electron chi connectivity index (χ4n) is 1.33. The van der Waals surface area contributed by atoms with E-state index < -0.39 is 0 Å². The van der Waals surface area contributed by atoms with Crippen LogP contribution in [0, 0.1) is 81.6 Å². The van der Waals surface area contributed by atoms with Crippen molar-refractivity contribution in [2.75, 3.05) is 0 Å². The second-order valence-electron chi connectivity index (χ2n) is 5.42. The van der Waals surface area contributed by atoms with E-state index in [2.05, 4.69) is 40.7 Å². The molecule has 2 aliphatic rings. The Bertz CT molecular complexity index is 217. The third-order valence-corrected chi connectivity index (χ3v) is 3.67.